The van der Waals surface area contributed by atoms with Gasteiger partial charge in [0.1, 0.15) is 24.3 Å². The molecule has 186 valence electrons. The van der Waals surface area contributed by atoms with Crippen LogP contribution in [0.3, 0.4) is 0 Å². The smallest absolute Gasteiger partial charge is 0.308 e. The van der Waals surface area contributed by atoms with Crippen LogP contribution in [0.15, 0.2) is 24.3 Å². The third kappa shape index (κ3) is 5.22. The quantitative estimate of drug-likeness (QED) is 0.350. The highest BCUT2D eigenvalue weighted by Crippen LogP contribution is 2.51. The van der Waals surface area contributed by atoms with Crippen molar-refractivity contribution >= 4 is 28.3 Å². The molecule has 0 saturated heterocycles. The third-order valence-corrected chi connectivity index (χ3v) is 6.71. The number of rotatable bonds is 8. The lowest BCUT2D eigenvalue weighted by Gasteiger charge is -2.30. The van der Waals surface area contributed by atoms with E-state index in [1.165, 1.54) is 32.5 Å². The highest BCUT2D eigenvalue weighted by atomic mass is 32.1. The summed E-state index contributed by atoms with van der Waals surface area (Å²) >= 11 is 1.40. The van der Waals surface area contributed by atoms with Gasteiger partial charge in [-0.15, -0.1) is 0 Å². The van der Waals surface area contributed by atoms with Crippen LogP contribution in [0.5, 0.6) is 28.7 Å². The zero-order chi connectivity index (χ0) is 25.1. The van der Waals surface area contributed by atoms with E-state index >= 15 is 0 Å². The number of aromatic nitrogens is 1. The molecule has 2 heterocycles. The molecule has 4 N–H and O–H groups in total. The molecule has 3 aromatic rings. The molecule has 4 rings (SSSR count). The van der Waals surface area contributed by atoms with Crippen molar-refractivity contribution in [2.75, 3.05) is 32.3 Å². The van der Waals surface area contributed by atoms with E-state index in [4.69, 9.17) is 35.2 Å². The Labute approximate surface area is 207 Å². The summed E-state index contributed by atoms with van der Waals surface area (Å²) in [6, 6.07) is 7.84. The summed E-state index contributed by atoms with van der Waals surface area (Å²) in [5.74, 6) is 2.48. The molecule has 0 fully saturated rings. The maximum atomic E-state index is 11.6. The van der Waals surface area contributed by atoms with Gasteiger partial charge < -0.3 is 35.2 Å². The maximum absolute atomic E-state index is 11.6. The van der Waals surface area contributed by atoms with Gasteiger partial charge in [0, 0.05) is 24.5 Å². The van der Waals surface area contributed by atoms with Crippen LogP contribution < -0.4 is 35.2 Å². The summed E-state index contributed by atoms with van der Waals surface area (Å²) in [7, 11) is 3.03. The minimum absolute atomic E-state index is 0.181. The standard InChI is InChI=1S/C25H29N3O6S/c1-13-18-10-9-17(34-21(18)23(31-4)22(30-3)20(13)33-14(2)29)12-32-16-7-5-15(6-8-16)11-19-24(26)28-25(27)35-19/h5-8,17H,9-12,26H2,1-4H3,(H2,27,28). The number of ether oxygens (including phenoxy) is 5. The number of thiazole rings is 1. The van der Waals surface area contributed by atoms with Gasteiger partial charge in [-0.25, -0.2) is 4.98 Å². The highest BCUT2D eigenvalue weighted by Gasteiger charge is 2.32. The number of benzene rings is 2. The summed E-state index contributed by atoms with van der Waals surface area (Å²) in [6.45, 7) is 3.61. The molecule has 2 aromatic carbocycles. The minimum atomic E-state index is -0.429. The van der Waals surface area contributed by atoms with E-state index in [1.807, 2.05) is 31.2 Å². The lowest BCUT2D eigenvalue weighted by molar-refractivity contribution is -0.132. The molecule has 0 spiro atoms. The van der Waals surface area contributed by atoms with E-state index in [-0.39, 0.29) is 6.10 Å². The molecule has 9 nitrogen and oxygen atoms in total. The number of fused-ring (bicyclic) bond motifs is 1. The van der Waals surface area contributed by atoms with Gasteiger partial charge in [0.2, 0.25) is 11.5 Å². The van der Waals surface area contributed by atoms with Gasteiger partial charge in [0.15, 0.2) is 16.6 Å². The Morgan fingerprint density at radius 3 is 2.46 bits per heavy atom. The number of carbonyl (C=O) groups is 1. The third-order valence-electron chi connectivity index (χ3n) is 5.81. The zero-order valence-corrected chi connectivity index (χ0v) is 21.0. The SMILES string of the molecule is COc1c(OC(C)=O)c(C)c2c(c1OC)OC(COc1ccc(Cc3sc(N)nc3N)cc1)CC2. The molecule has 1 aromatic heterocycles. The van der Waals surface area contributed by atoms with Crippen molar-refractivity contribution in [3.8, 4) is 28.7 Å². The van der Waals surface area contributed by atoms with E-state index in [0.717, 1.165) is 40.2 Å². The van der Waals surface area contributed by atoms with Gasteiger partial charge in [-0.2, -0.15) is 0 Å². The predicted molar refractivity (Wildman–Crippen MR) is 134 cm³/mol. The first kappa shape index (κ1) is 24.5. The number of carbonyl (C=O) groups excluding carboxylic acids is 1. The Kier molecular flexibility index (Phi) is 7.20. The summed E-state index contributed by atoms with van der Waals surface area (Å²) in [5, 5.41) is 0.471. The molecule has 10 heteroatoms. The summed E-state index contributed by atoms with van der Waals surface area (Å²) < 4.78 is 28.8. The second-order valence-electron chi connectivity index (χ2n) is 8.19. The van der Waals surface area contributed by atoms with Crippen molar-refractivity contribution in [1.29, 1.82) is 0 Å². The number of methoxy groups -OCH3 is 2. The molecular weight excluding hydrogens is 470 g/mol. The summed E-state index contributed by atoms with van der Waals surface area (Å²) in [6.07, 6.45) is 1.95. The molecule has 1 aliphatic heterocycles. The predicted octanol–water partition coefficient (Wildman–Crippen LogP) is 3.92. The first-order chi connectivity index (χ1) is 16.8. The zero-order valence-electron chi connectivity index (χ0n) is 20.2. The van der Waals surface area contributed by atoms with Crippen molar-refractivity contribution in [2.45, 2.75) is 39.2 Å². The van der Waals surface area contributed by atoms with E-state index in [0.29, 0.717) is 47.0 Å². The van der Waals surface area contributed by atoms with E-state index < -0.39 is 5.97 Å². The van der Waals surface area contributed by atoms with Crippen molar-refractivity contribution < 1.29 is 28.5 Å². The Morgan fingerprint density at radius 1 is 1.14 bits per heavy atom. The van der Waals surface area contributed by atoms with Crippen LogP contribution in [0.4, 0.5) is 10.9 Å². The molecular formula is C25H29N3O6S. The van der Waals surface area contributed by atoms with Gasteiger partial charge in [-0.1, -0.05) is 23.5 Å². The Hall–Kier alpha value is -3.66. The monoisotopic (exact) mass is 499 g/mol. The van der Waals surface area contributed by atoms with Crippen LogP contribution >= 0.6 is 11.3 Å². The van der Waals surface area contributed by atoms with Crippen molar-refractivity contribution in [2.24, 2.45) is 0 Å². The van der Waals surface area contributed by atoms with Crippen LogP contribution in [0.25, 0.3) is 0 Å². The Morgan fingerprint density at radius 2 is 1.86 bits per heavy atom. The molecule has 0 saturated carbocycles. The number of esters is 1. The Bertz CT molecular complexity index is 1230. The normalized spacial score (nSPS) is 14.6. The highest BCUT2D eigenvalue weighted by molar-refractivity contribution is 7.15. The molecule has 0 bridgehead atoms. The first-order valence-electron chi connectivity index (χ1n) is 11.2. The molecule has 1 unspecified atom stereocenters. The lowest BCUT2D eigenvalue weighted by Crippen LogP contribution is -2.30. The molecule has 1 aliphatic rings. The van der Waals surface area contributed by atoms with Crippen LogP contribution in [0, 0.1) is 6.92 Å². The van der Waals surface area contributed by atoms with Crippen LogP contribution in [-0.2, 0) is 17.6 Å². The van der Waals surface area contributed by atoms with Crippen molar-refractivity contribution in [1.82, 2.24) is 4.98 Å². The molecule has 0 aliphatic carbocycles. The fraction of sp³-hybridized carbons (Fsp3) is 0.360. The van der Waals surface area contributed by atoms with Crippen LogP contribution in [-0.4, -0.2) is 37.9 Å². The second kappa shape index (κ2) is 10.3. The largest absolute Gasteiger partial charge is 0.490 e. The van der Waals surface area contributed by atoms with Gasteiger partial charge in [0.05, 0.1) is 19.1 Å². The van der Waals surface area contributed by atoms with Crippen LogP contribution in [0.2, 0.25) is 0 Å². The van der Waals surface area contributed by atoms with Crippen molar-refractivity contribution in [3.05, 3.63) is 45.8 Å². The number of nitrogens with two attached hydrogens (primary N) is 2. The van der Waals surface area contributed by atoms with E-state index in [9.17, 15) is 4.79 Å². The number of hydrogen-bond donors (Lipinski definition) is 2. The average molecular weight is 500 g/mol. The summed E-state index contributed by atoms with van der Waals surface area (Å²) in [5.41, 5.74) is 14.4. The number of nitrogen functional groups attached to an aromatic ring is 2. The van der Waals surface area contributed by atoms with Crippen molar-refractivity contribution in [3.63, 3.8) is 0 Å². The maximum Gasteiger partial charge on any atom is 0.308 e. The lowest BCUT2D eigenvalue weighted by atomic mass is 9.96. The van der Waals surface area contributed by atoms with Gasteiger partial charge in [0.25, 0.3) is 0 Å². The second-order valence-corrected chi connectivity index (χ2v) is 9.31. The van der Waals surface area contributed by atoms with Gasteiger partial charge >= 0.3 is 5.97 Å². The van der Waals surface area contributed by atoms with E-state index in [1.54, 1.807) is 0 Å². The molecule has 35 heavy (non-hydrogen) atoms. The van der Waals surface area contributed by atoms with E-state index in [2.05, 4.69) is 4.98 Å². The fourth-order valence-corrected chi connectivity index (χ4v) is 4.90. The molecule has 0 radical (unpaired) electrons. The number of anilines is 2. The molecule has 1 atom stereocenters. The van der Waals surface area contributed by atoms with Gasteiger partial charge in [-0.05, 0) is 37.5 Å². The fourth-order valence-electron chi connectivity index (χ4n) is 4.12. The number of hydrogen-bond acceptors (Lipinski definition) is 10. The number of nitrogens with zero attached hydrogens (tertiary/aromatic N) is 1. The summed E-state index contributed by atoms with van der Waals surface area (Å²) in [4.78, 5) is 16.6. The minimum Gasteiger partial charge on any atom is -0.490 e. The van der Waals surface area contributed by atoms with Gasteiger partial charge in [-0.3, -0.25) is 4.79 Å². The Balaban J connectivity index is 1.45. The van der Waals surface area contributed by atoms with Crippen LogP contribution in [0.1, 0.15) is 34.9 Å². The first-order valence-corrected chi connectivity index (χ1v) is 12.0. The average Bonchev–Trinajstić information content (AvgIpc) is 3.15. The molecule has 0 amide bonds. The topological polar surface area (TPSA) is 128 Å².